The van der Waals surface area contributed by atoms with E-state index in [1.807, 2.05) is 19.9 Å². The summed E-state index contributed by atoms with van der Waals surface area (Å²) in [5, 5.41) is 20.8. The lowest BCUT2D eigenvalue weighted by atomic mass is 10.00. The van der Waals surface area contributed by atoms with Crippen LogP contribution >= 0.6 is 0 Å². The highest BCUT2D eigenvalue weighted by Crippen LogP contribution is 2.35. The number of hydrogen-bond donors (Lipinski definition) is 2. The molecule has 0 radical (unpaired) electrons. The van der Waals surface area contributed by atoms with Gasteiger partial charge in [-0.15, -0.1) is 0 Å². The standard InChI is InChI=1S/C28H32N4O5/c1-18(2)36-24-15-22-21(14-23(24)26(30)34)19(7-11-28(35)9-3-4-10-28)16-31-27(22)37-20-6-5-13-32(17-20)25(33)8-12-29/h14-16,18,20,35H,3-6,8-10,13,17H2,1-2H3,(H2,30,34). The topological polar surface area (TPSA) is 139 Å². The number of nitrogens with zero attached hydrogens (tertiary/aromatic N) is 3. The molecule has 9 heteroatoms. The lowest BCUT2D eigenvalue weighted by molar-refractivity contribution is -0.132. The summed E-state index contributed by atoms with van der Waals surface area (Å²) in [5.41, 5.74) is 5.40. The SMILES string of the molecule is CC(C)Oc1cc2c(OC3CCCN(C(=O)CC#N)C3)ncc(C#CC3(O)CCCC3)c2cc1C(N)=O. The minimum Gasteiger partial charge on any atom is -0.490 e. The summed E-state index contributed by atoms with van der Waals surface area (Å²) < 4.78 is 12.2. The minimum absolute atomic E-state index is 0.167. The van der Waals surface area contributed by atoms with Crippen LogP contribution in [-0.2, 0) is 4.79 Å². The van der Waals surface area contributed by atoms with Crippen LogP contribution in [0.25, 0.3) is 10.8 Å². The van der Waals surface area contributed by atoms with Crippen LogP contribution in [0.1, 0.15) is 74.7 Å². The molecule has 1 aliphatic carbocycles. The number of carbonyl (C=O) groups excluding carboxylic acids is 2. The van der Waals surface area contributed by atoms with Crippen molar-refractivity contribution in [2.45, 2.75) is 76.6 Å². The average Bonchev–Trinajstić information content (AvgIpc) is 3.29. The maximum Gasteiger partial charge on any atom is 0.252 e. The Labute approximate surface area is 216 Å². The first kappa shape index (κ1) is 26.2. The number of primary amides is 1. The van der Waals surface area contributed by atoms with Crippen LogP contribution in [-0.4, -0.2) is 57.7 Å². The molecule has 3 N–H and O–H groups in total. The Kier molecular flexibility index (Phi) is 7.85. The van der Waals surface area contributed by atoms with E-state index >= 15 is 0 Å². The van der Waals surface area contributed by atoms with Gasteiger partial charge in [0.2, 0.25) is 11.8 Å². The lowest BCUT2D eigenvalue weighted by Crippen LogP contribution is -2.44. The second-order valence-electron chi connectivity index (χ2n) is 9.95. The van der Waals surface area contributed by atoms with Gasteiger partial charge >= 0.3 is 0 Å². The van der Waals surface area contributed by atoms with Crippen molar-refractivity contribution in [3.8, 4) is 29.5 Å². The van der Waals surface area contributed by atoms with Crippen molar-refractivity contribution >= 4 is 22.6 Å². The van der Waals surface area contributed by atoms with Crippen molar-refractivity contribution in [1.82, 2.24) is 9.88 Å². The van der Waals surface area contributed by atoms with Crippen molar-refractivity contribution < 1.29 is 24.2 Å². The summed E-state index contributed by atoms with van der Waals surface area (Å²) in [6.45, 7) is 4.64. The molecule has 1 aromatic carbocycles. The number of carbonyl (C=O) groups is 2. The second-order valence-corrected chi connectivity index (χ2v) is 9.95. The number of nitrogens with two attached hydrogens (primary N) is 1. The lowest BCUT2D eigenvalue weighted by Gasteiger charge is -2.32. The highest BCUT2D eigenvalue weighted by molar-refractivity contribution is 6.03. The van der Waals surface area contributed by atoms with Gasteiger partial charge in [-0.05, 0) is 64.5 Å². The van der Waals surface area contributed by atoms with Crippen molar-refractivity contribution in [3.05, 3.63) is 29.5 Å². The predicted molar refractivity (Wildman–Crippen MR) is 137 cm³/mol. The Morgan fingerprint density at radius 1 is 1.27 bits per heavy atom. The summed E-state index contributed by atoms with van der Waals surface area (Å²) in [6.07, 6.45) is 5.44. The molecule has 1 saturated carbocycles. The summed E-state index contributed by atoms with van der Waals surface area (Å²) in [5.74, 6) is 5.85. The molecule has 2 aromatic rings. The van der Waals surface area contributed by atoms with Gasteiger partial charge in [-0.25, -0.2) is 4.98 Å². The number of amides is 2. The van der Waals surface area contributed by atoms with E-state index in [0.29, 0.717) is 53.9 Å². The van der Waals surface area contributed by atoms with Crippen molar-refractivity contribution in [2.75, 3.05) is 13.1 Å². The maximum atomic E-state index is 12.3. The summed E-state index contributed by atoms with van der Waals surface area (Å²) in [4.78, 5) is 30.7. The zero-order valence-electron chi connectivity index (χ0n) is 21.2. The fourth-order valence-electron chi connectivity index (χ4n) is 4.85. The van der Waals surface area contributed by atoms with Crippen molar-refractivity contribution in [3.63, 3.8) is 0 Å². The number of aromatic nitrogens is 1. The van der Waals surface area contributed by atoms with Gasteiger partial charge in [-0.2, -0.15) is 5.26 Å². The second kappa shape index (κ2) is 11.1. The quantitative estimate of drug-likeness (QED) is 0.577. The van der Waals surface area contributed by atoms with Crippen molar-refractivity contribution in [2.24, 2.45) is 5.73 Å². The molecule has 2 heterocycles. The monoisotopic (exact) mass is 504 g/mol. The minimum atomic E-state index is -1.03. The molecule has 194 valence electrons. The van der Waals surface area contributed by atoms with Gasteiger partial charge in [0, 0.05) is 23.5 Å². The van der Waals surface area contributed by atoms with Crippen LogP contribution in [0.4, 0.5) is 0 Å². The number of rotatable bonds is 6. The number of piperidine rings is 1. The highest BCUT2D eigenvalue weighted by Gasteiger charge is 2.29. The smallest absolute Gasteiger partial charge is 0.252 e. The molecule has 2 aliphatic rings. The molecule has 37 heavy (non-hydrogen) atoms. The van der Waals surface area contributed by atoms with E-state index in [9.17, 15) is 14.7 Å². The predicted octanol–water partition coefficient (Wildman–Crippen LogP) is 3.06. The van der Waals surface area contributed by atoms with Gasteiger partial charge in [0.1, 0.15) is 23.9 Å². The van der Waals surface area contributed by atoms with Gasteiger partial charge in [0.15, 0.2) is 0 Å². The molecule has 1 atom stereocenters. The van der Waals surface area contributed by atoms with E-state index in [0.717, 1.165) is 25.7 Å². The van der Waals surface area contributed by atoms with Crippen LogP contribution in [0.2, 0.25) is 0 Å². The Bertz CT molecular complexity index is 1300. The van der Waals surface area contributed by atoms with Crippen LogP contribution < -0.4 is 15.2 Å². The molecule has 1 aromatic heterocycles. The Morgan fingerprint density at radius 2 is 2.03 bits per heavy atom. The van der Waals surface area contributed by atoms with Gasteiger partial charge < -0.3 is 25.2 Å². The summed E-state index contributed by atoms with van der Waals surface area (Å²) in [7, 11) is 0. The molecular weight excluding hydrogens is 472 g/mol. The highest BCUT2D eigenvalue weighted by atomic mass is 16.5. The fraction of sp³-hybridized carbons (Fsp3) is 0.500. The Hall–Kier alpha value is -3.82. The first-order valence-corrected chi connectivity index (χ1v) is 12.7. The van der Waals surface area contributed by atoms with E-state index in [-0.39, 0.29) is 30.1 Å². The third kappa shape index (κ3) is 6.12. The molecule has 2 fully saturated rings. The van der Waals surface area contributed by atoms with E-state index in [4.69, 9.17) is 20.5 Å². The van der Waals surface area contributed by atoms with E-state index < -0.39 is 11.5 Å². The van der Waals surface area contributed by atoms with E-state index in [1.165, 1.54) is 0 Å². The van der Waals surface area contributed by atoms with Gasteiger partial charge in [0.05, 0.1) is 29.8 Å². The molecule has 1 aliphatic heterocycles. The van der Waals surface area contributed by atoms with Crippen LogP contribution in [0.5, 0.6) is 11.6 Å². The van der Waals surface area contributed by atoms with Crippen LogP contribution in [0.3, 0.4) is 0 Å². The number of ether oxygens (including phenoxy) is 2. The van der Waals surface area contributed by atoms with Crippen LogP contribution in [0.15, 0.2) is 18.3 Å². The first-order chi connectivity index (χ1) is 17.7. The molecule has 9 nitrogen and oxygen atoms in total. The molecule has 2 amide bonds. The van der Waals surface area contributed by atoms with Crippen molar-refractivity contribution in [1.29, 1.82) is 5.26 Å². The molecule has 0 spiro atoms. The van der Waals surface area contributed by atoms with Gasteiger partial charge in [-0.1, -0.05) is 11.8 Å². The number of pyridine rings is 1. The number of likely N-dealkylation sites (tertiary alicyclic amines) is 1. The van der Waals surface area contributed by atoms with Crippen LogP contribution in [0, 0.1) is 23.2 Å². The normalized spacial score (nSPS) is 18.7. The van der Waals surface area contributed by atoms with E-state index in [1.54, 1.807) is 23.2 Å². The fourth-order valence-corrected chi connectivity index (χ4v) is 4.85. The summed E-state index contributed by atoms with van der Waals surface area (Å²) in [6, 6.07) is 5.23. The average molecular weight is 505 g/mol. The zero-order chi connectivity index (χ0) is 26.6. The maximum absolute atomic E-state index is 12.3. The molecule has 4 rings (SSSR count). The number of nitriles is 1. The first-order valence-electron chi connectivity index (χ1n) is 12.7. The van der Waals surface area contributed by atoms with Gasteiger partial charge in [-0.3, -0.25) is 9.59 Å². The molecule has 0 bridgehead atoms. The Balaban J connectivity index is 1.76. The Morgan fingerprint density at radius 3 is 2.70 bits per heavy atom. The van der Waals surface area contributed by atoms with Gasteiger partial charge in [0.25, 0.3) is 5.91 Å². The number of hydrogen-bond acceptors (Lipinski definition) is 7. The third-order valence-corrected chi connectivity index (χ3v) is 6.68. The number of aliphatic hydroxyl groups is 1. The summed E-state index contributed by atoms with van der Waals surface area (Å²) >= 11 is 0. The largest absolute Gasteiger partial charge is 0.490 e. The zero-order valence-corrected chi connectivity index (χ0v) is 21.2. The third-order valence-electron chi connectivity index (χ3n) is 6.68. The number of benzene rings is 1. The molecule has 1 saturated heterocycles. The van der Waals surface area contributed by atoms with E-state index in [2.05, 4.69) is 16.8 Å². The molecule has 1 unspecified atom stereocenters. The number of fused-ring (bicyclic) bond motifs is 1. The molecular formula is C28H32N4O5.